The maximum Gasteiger partial charge on any atom is 0.137 e. The van der Waals surface area contributed by atoms with Crippen LogP contribution in [0.4, 0.5) is 34.1 Å². The van der Waals surface area contributed by atoms with Crippen molar-refractivity contribution in [2.75, 3.05) is 9.80 Å². The van der Waals surface area contributed by atoms with Gasteiger partial charge in [-0.1, -0.05) is 113 Å². The summed E-state index contributed by atoms with van der Waals surface area (Å²) in [5, 5.41) is 12.9. The molecular weight excluding hydrogens is 909 g/mol. The van der Waals surface area contributed by atoms with Gasteiger partial charge in [0.15, 0.2) is 0 Å². The molecule has 15 aromatic rings. The molecule has 0 fully saturated rings. The van der Waals surface area contributed by atoms with E-state index in [0.29, 0.717) is 11.8 Å². The number of nitrogens with zero attached hydrogens (tertiary/aromatic N) is 2. The zero-order valence-corrected chi connectivity index (χ0v) is 41.3. The van der Waals surface area contributed by atoms with Crippen LogP contribution in [0, 0.1) is 0 Å². The number of para-hydroxylation sites is 2. The maximum absolute atomic E-state index is 6.79. The monoisotopic (exact) mass is 956 g/mol. The van der Waals surface area contributed by atoms with E-state index >= 15 is 0 Å². The van der Waals surface area contributed by atoms with Gasteiger partial charge in [0.1, 0.15) is 44.7 Å². The summed E-state index contributed by atoms with van der Waals surface area (Å²) in [5.41, 5.74) is 15.7. The zero-order chi connectivity index (χ0) is 49.3. The second kappa shape index (κ2) is 16.1. The molecule has 0 atom stereocenters. The quantitative estimate of drug-likeness (QED) is 0.151. The van der Waals surface area contributed by atoms with Gasteiger partial charge in [0.05, 0.1) is 22.1 Å². The van der Waals surface area contributed by atoms with E-state index < -0.39 is 0 Å². The third-order valence-corrected chi connectivity index (χ3v) is 15.3. The molecule has 0 spiro atoms. The summed E-state index contributed by atoms with van der Waals surface area (Å²) in [4.78, 5) is 4.70. The minimum Gasteiger partial charge on any atom is -0.456 e. The van der Waals surface area contributed by atoms with Crippen LogP contribution in [0.3, 0.4) is 0 Å². The van der Waals surface area contributed by atoms with E-state index in [1.165, 1.54) is 11.1 Å². The molecular formula is C68H48N2O4. The number of furan rings is 4. The van der Waals surface area contributed by atoms with Crippen LogP contribution in [0.15, 0.2) is 224 Å². The molecule has 15 rings (SSSR count). The van der Waals surface area contributed by atoms with Crippen LogP contribution in [-0.2, 0) is 0 Å². The number of benzene rings is 11. The minimum atomic E-state index is 0.426. The van der Waals surface area contributed by atoms with Crippen LogP contribution in [0.2, 0.25) is 0 Å². The molecule has 0 bridgehead atoms. The third kappa shape index (κ3) is 6.57. The van der Waals surface area contributed by atoms with Crippen LogP contribution < -0.4 is 9.80 Å². The highest BCUT2D eigenvalue weighted by Gasteiger charge is 2.23. The van der Waals surface area contributed by atoms with Gasteiger partial charge in [0.25, 0.3) is 0 Å². The van der Waals surface area contributed by atoms with E-state index in [2.05, 4.69) is 219 Å². The van der Waals surface area contributed by atoms with Crippen molar-refractivity contribution in [3.05, 3.63) is 217 Å². The summed E-state index contributed by atoms with van der Waals surface area (Å²) in [5.74, 6) is 0.853. The molecule has 354 valence electrons. The summed E-state index contributed by atoms with van der Waals surface area (Å²) in [6.45, 7) is 8.94. The lowest BCUT2D eigenvalue weighted by Crippen LogP contribution is -2.10. The van der Waals surface area contributed by atoms with Gasteiger partial charge >= 0.3 is 0 Å². The van der Waals surface area contributed by atoms with Gasteiger partial charge < -0.3 is 27.5 Å². The Morgan fingerprint density at radius 1 is 0.270 bits per heavy atom. The first-order valence-electron chi connectivity index (χ1n) is 25.6. The predicted octanol–water partition coefficient (Wildman–Crippen LogP) is 20.8. The lowest BCUT2D eigenvalue weighted by atomic mass is 10.0. The molecule has 0 aliphatic carbocycles. The first-order chi connectivity index (χ1) is 36.3. The van der Waals surface area contributed by atoms with Crippen molar-refractivity contribution in [3.8, 4) is 0 Å². The van der Waals surface area contributed by atoms with Gasteiger partial charge in [-0.25, -0.2) is 0 Å². The largest absolute Gasteiger partial charge is 0.456 e. The molecule has 0 saturated carbocycles. The summed E-state index contributed by atoms with van der Waals surface area (Å²) in [6.07, 6.45) is 0. The fourth-order valence-corrected chi connectivity index (χ4v) is 11.5. The first kappa shape index (κ1) is 42.4. The average molecular weight is 957 g/mol. The lowest BCUT2D eigenvalue weighted by molar-refractivity contribution is 0.664. The lowest BCUT2D eigenvalue weighted by Gasteiger charge is -2.27. The normalized spacial score (nSPS) is 12.3. The van der Waals surface area contributed by atoms with E-state index in [4.69, 9.17) is 17.7 Å². The summed E-state index contributed by atoms with van der Waals surface area (Å²) < 4.78 is 26.4. The molecule has 11 aromatic carbocycles. The first-order valence-corrected chi connectivity index (χ1v) is 25.6. The number of anilines is 6. The van der Waals surface area contributed by atoms with E-state index in [1.54, 1.807) is 0 Å². The molecule has 4 heterocycles. The number of rotatable bonds is 8. The molecule has 74 heavy (non-hydrogen) atoms. The molecule has 6 heteroatoms. The molecule has 0 amide bonds. The Balaban J connectivity index is 0.836. The Hall–Kier alpha value is -9.26. The molecule has 0 unspecified atom stereocenters. The van der Waals surface area contributed by atoms with Crippen molar-refractivity contribution in [2.45, 2.75) is 39.5 Å². The Morgan fingerprint density at radius 3 is 1.07 bits per heavy atom. The standard InChI is InChI=1S/C68H48N2O4/c1-39(2)41-19-25-47(26-20-41)69(57-13-9-17-61-67(57)51-11-5-7-15-59(51)71-61)49-29-23-43-33-53-55-37-66-56(38-65(55)73-63(53)35-45(43)31-49)54-34-44-24-30-50(32-46(44)36-64(54)74-66)70(48-27-21-42(22-28-48)40(3)4)58-14-10-18-62-68(58)52-12-6-8-16-60(52)72-62/h5-40H,1-4H3. The van der Waals surface area contributed by atoms with Gasteiger partial charge in [0, 0.05) is 55.1 Å². The second-order valence-corrected chi connectivity index (χ2v) is 20.5. The van der Waals surface area contributed by atoms with E-state index in [9.17, 15) is 0 Å². The highest BCUT2D eigenvalue weighted by Crippen LogP contribution is 2.47. The summed E-state index contributed by atoms with van der Waals surface area (Å²) >= 11 is 0. The molecule has 0 aliphatic rings. The average Bonchev–Trinajstić information content (AvgIpc) is 4.20. The second-order valence-electron chi connectivity index (χ2n) is 20.5. The van der Waals surface area contributed by atoms with Crippen LogP contribution in [0.25, 0.3) is 109 Å². The molecule has 4 aromatic heterocycles. The van der Waals surface area contributed by atoms with E-state index in [0.717, 1.165) is 143 Å². The Kier molecular flexibility index (Phi) is 9.24. The molecule has 6 nitrogen and oxygen atoms in total. The maximum atomic E-state index is 6.79. The smallest absolute Gasteiger partial charge is 0.137 e. The van der Waals surface area contributed by atoms with Gasteiger partial charge in [-0.3, -0.25) is 0 Å². The number of fused-ring (bicyclic) bond motifs is 14. The Morgan fingerprint density at radius 2 is 0.635 bits per heavy atom. The highest BCUT2D eigenvalue weighted by atomic mass is 16.3. The van der Waals surface area contributed by atoms with Gasteiger partial charge in [-0.2, -0.15) is 0 Å². The van der Waals surface area contributed by atoms with Gasteiger partial charge in [-0.05, 0) is 166 Å². The summed E-state index contributed by atoms with van der Waals surface area (Å²) in [7, 11) is 0. The van der Waals surface area contributed by atoms with Crippen molar-refractivity contribution < 1.29 is 17.7 Å². The highest BCUT2D eigenvalue weighted by molar-refractivity contribution is 6.19. The fraction of sp³-hybridized carbons (Fsp3) is 0.0882. The fourth-order valence-electron chi connectivity index (χ4n) is 11.5. The molecule has 0 aliphatic heterocycles. The van der Waals surface area contributed by atoms with Crippen molar-refractivity contribution in [3.63, 3.8) is 0 Å². The molecule has 0 saturated heterocycles. The predicted molar refractivity (Wildman–Crippen MR) is 308 cm³/mol. The number of hydrogen-bond donors (Lipinski definition) is 0. The van der Waals surface area contributed by atoms with Crippen molar-refractivity contribution in [1.29, 1.82) is 0 Å². The van der Waals surface area contributed by atoms with E-state index in [1.807, 2.05) is 24.3 Å². The third-order valence-electron chi connectivity index (χ3n) is 15.3. The van der Waals surface area contributed by atoms with E-state index in [-0.39, 0.29) is 0 Å². The van der Waals surface area contributed by atoms with Crippen molar-refractivity contribution >= 4 is 143 Å². The molecule has 0 radical (unpaired) electrons. The van der Waals surface area contributed by atoms with Crippen LogP contribution >= 0.6 is 0 Å². The molecule has 0 N–H and O–H groups in total. The number of hydrogen-bond acceptors (Lipinski definition) is 6. The van der Waals surface area contributed by atoms with Crippen molar-refractivity contribution in [2.24, 2.45) is 0 Å². The van der Waals surface area contributed by atoms with Crippen molar-refractivity contribution in [1.82, 2.24) is 0 Å². The van der Waals surface area contributed by atoms with Crippen LogP contribution in [-0.4, -0.2) is 0 Å². The van der Waals surface area contributed by atoms with Crippen LogP contribution in [0.1, 0.15) is 50.7 Å². The SMILES string of the molecule is CC(C)c1ccc(N(c2ccc3cc4c(cc3c2)oc2cc3c(cc24)oc2cc4cc(N(c5ccc(C(C)C)cc5)c5cccc6oc7ccccc7c56)ccc4cc23)c2cccc3oc4ccccc4c23)cc1. The minimum absolute atomic E-state index is 0.426. The van der Waals surface area contributed by atoms with Gasteiger partial charge in [-0.15, -0.1) is 0 Å². The van der Waals surface area contributed by atoms with Crippen LogP contribution in [0.5, 0.6) is 0 Å². The Labute approximate surface area is 425 Å². The zero-order valence-electron chi connectivity index (χ0n) is 41.3. The Bertz CT molecular complexity index is 4440. The van der Waals surface area contributed by atoms with Gasteiger partial charge in [0.2, 0.25) is 0 Å². The summed E-state index contributed by atoms with van der Waals surface area (Å²) in [6, 6.07) is 73.8. The topological polar surface area (TPSA) is 59.0 Å².